The maximum Gasteiger partial charge on any atom is 0.330 e. The summed E-state index contributed by atoms with van der Waals surface area (Å²) in [6.45, 7) is 4.63. The van der Waals surface area contributed by atoms with Crippen LogP contribution in [0.1, 0.15) is 23.6 Å². The summed E-state index contributed by atoms with van der Waals surface area (Å²) >= 11 is 0. The number of hydrogen-bond donors (Lipinski definition) is 0. The van der Waals surface area contributed by atoms with Crippen LogP contribution in [-0.2, 0) is 16.1 Å². The van der Waals surface area contributed by atoms with Gasteiger partial charge in [0.25, 0.3) is 0 Å². The predicted octanol–water partition coefficient (Wildman–Crippen LogP) is 4.16. The standard InChI is InChI=1S/C20H22O4/c1-4-23-20(21)12-9-16-7-10-18(11-8-16)24-14-17-6-5-15(2)19(13-17)22-3/h5-13H,4,14H2,1-3H3/b12-9+. The number of carbonyl (C=O) groups is 1. The third kappa shape index (κ3) is 5.16. The second-order valence-corrected chi connectivity index (χ2v) is 5.25. The van der Waals surface area contributed by atoms with E-state index in [1.165, 1.54) is 6.08 Å². The molecule has 0 amide bonds. The maximum absolute atomic E-state index is 11.3. The van der Waals surface area contributed by atoms with Crippen molar-refractivity contribution in [3.05, 3.63) is 65.2 Å². The number of esters is 1. The Bertz CT molecular complexity index is 702. The number of hydrogen-bond acceptors (Lipinski definition) is 4. The van der Waals surface area contributed by atoms with Crippen LogP contribution in [0, 0.1) is 6.92 Å². The first kappa shape index (κ1) is 17.6. The van der Waals surface area contributed by atoms with Crippen LogP contribution in [0.3, 0.4) is 0 Å². The molecule has 2 aromatic carbocycles. The molecule has 0 atom stereocenters. The Morgan fingerprint density at radius 3 is 2.54 bits per heavy atom. The molecule has 0 heterocycles. The van der Waals surface area contributed by atoms with E-state index in [1.807, 2.05) is 49.4 Å². The first-order valence-corrected chi connectivity index (χ1v) is 7.83. The zero-order valence-electron chi connectivity index (χ0n) is 14.2. The summed E-state index contributed by atoms with van der Waals surface area (Å²) < 4.78 is 15.9. The highest BCUT2D eigenvalue weighted by atomic mass is 16.5. The lowest BCUT2D eigenvalue weighted by Gasteiger charge is -2.09. The molecule has 0 aliphatic heterocycles. The average molecular weight is 326 g/mol. The van der Waals surface area contributed by atoms with E-state index in [4.69, 9.17) is 14.2 Å². The van der Waals surface area contributed by atoms with Gasteiger partial charge in [-0.3, -0.25) is 0 Å². The Balaban J connectivity index is 1.93. The van der Waals surface area contributed by atoms with E-state index in [2.05, 4.69) is 0 Å². The van der Waals surface area contributed by atoms with Crippen LogP contribution < -0.4 is 9.47 Å². The topological polar surface area (TPSA) is 44.8 Å². The molecule has 0 radical (unpaired) electrons. The molecule has 2 rings (SSSR count). The highest BCUT2D eigenvalue weighted by Gasteiger charge is 2.02. The molecule has 0 saturated carbocycles. The summed E-state index contributed by atoms with van der Waals surface area (Å²) in [4.78, 5) is 11.3. The average Bonchev–Trinajstić information content (AvgIpc) is 2.60. The van der Waals surface area contributed by atoms with Crippen molar-refractivity contribution in [3.63, 3.8) is 0 Å². The van der Waals surface area contributed by atoms with E-state index in [-0.39, 0.29) is 5.97 Å². The van der Waals surface area contributed by atoms with E-state index in [0.717, 1.165) is 28.2 Å². The van der Waals surface area contributed by atoms with E-state index in [9.17, 15) is 4.79 Å². The summed E-state index contributed by atoms with van der Waals surface area (Å²) in [5, 5.41) is 0. The van der Waals surface area contributed by atoms with Gasteiger partial charge in [0, 0.05) is 6.08 Å². The predicted molar refractivity (Wildman–Crippen MR) is 94.2 cm³/mol. The van der Waals surface area contributed by atoms with Crippen LogP contribution >= 0.6 is 0 Å². The zero-order valence-corrected chi connectivity index (χ0v) is 14.2. The molecule has 0 aromatic heterocycles. The van der Waals surface area contributed by atoms with Gasteiger partial charge in [-0.1, -0.05) is 24.3 Å². The van der Waals surface area contributed by atoms with Crippen LogP contribution in [0.2, 0.25) is 0 Å². The van der Waals surface area contributed by atoms with Crippen molar-refractivity contribution in [3.8, 4) is 11.5 Å². The number of carbonyl (C=O) groups excluding carboxylic acids is 1. The van der Waals surface area contributed by atoms with Gasteiger partial charge in [-0.25, -0.2) is 4.79 Å². The molecule has 0 spiro atoms. The summed E-state index contributed by atoms with van der Waals surface area (Å²) in [7, 11) is 1.66. The molecule has 2 aromatic rings. The van der Waals surface area contributed by atoms with E-state index >= 15 is 0 Å². The van der Waals surface area contributed by atoms with Crippen molar-refractivity contribution in [2.45, 2.75) is 20.5 Å². The van der Waals surface area contributed by atoms with Crippen LogP contribution in [0.4, 0.5) is 0 Å². The van der Waals surface area contributed by atoms with Crippen molar-refractivity contribution in [1.29, 1.82) is 0 Å². The largest absolute Gasteiger partial charge is 0.496 e. The molecule has 126 valence electrons. The Morgan fingerprint density at radius 2 is 1.88 bits per heavy atom. The van der Waals surface area contributed by atoms with Gasteiger partial charge in [-0.05, 0) is 54.8 Å². The molecular formula is C20H22O4. The Labute approximate surface area is 142 Å². The molecule has 0 bridgehead atoms. The number of rotatable bonds is 7. The number of methoxy groups -OCH3 is 1. The second kappa shape index (κ2) is 8.77. The molecule has 0 unspecified atom stereocenters. The molecule has 4 heteroatoms. The number of ether oxygens (including phenoxy) is 3. The monoisotopic (exact) mass is 326 g/mol. The van der Waals surface area contributed by atoms with Gasteiger partial charge in [0.05, 0.1) is 13.7 Å². The highest BCUT2D eigenvalue weighted by molar-refractivity contribution is 5.87. The fourth-order valence-electron chi connectivity index (χ4n) is 2.15. The fourth-order valence-corrected chi connectivity index (χ4v) is 2.15. The van der Waals surface area contributed by atoms with Gasteiger partial charge in [0.15, 0.2) is 0 Å². The molecule has 0 saturated heterocycles. The molecule has 0 aliphatic rings. The molecule has 0 fully saturated rings. The van der Waals surface area contributed by atoms with Gasteiger partial charge >= 0.3 is 5.97 Å². The first-order chi connectivity index (χ1) is 11.6. The van der Waals surface area contributed by atoms with Gasteiger partial charge in [-0.2, -0.15) is 0 Å². The van der Waals surface area contributed by atoms with Crippen molar-refractivity contribution < 1.29 is 19.0 Å². The quantitative estimate of drug-likeness (QED) is 0.566. The Morgan fingerprint density at radius 1 is 1.12 bits per heavy atom. The van der Waals surface area contributed by atoms with Crippen molar-refractivity contribution >= 4 is 12.0 Å². The normalized spacial score (nSPS) is 10.6. The smallest absolute Gasteiger partial charge is 0.330 e. The third-order valence-electron chi connectivity index (χ3n) is 3.46. The molecular weight excluding hydrogens is 304 g/mol. The zero-order chi connectivity index (χ0) is 17.4. The van der Waals surface area contributed by atoms with Crippen LogP contribution in [0.5, 0.6) is 11.5 Å². The van der Waals surface area contributed by atoms with Gasteiger partial charge in [0.1, 0.15) is 18.1 Å². The lowest BCUT2D eigenvalue weighted by Crippen LogP contribution is -1.98. The van der Waals surface area contributed by atoms with Crippen LogP contribution in [0.15, 0.2) is 48.5 Å². The summed E-state index contributed by atoms with van der Waals surface area (Å²) in [6.07, 6.45) is 3.13. The van der Waals surface area contributed by atoms with Crippen LogP contribution in [0.25, 0.3) is 6.08 Å². The van der Waals surface area contributed by atoms with Crippen molar-refractivity contribution in [1.82, 2.24) is 0 Å². The summed E-state index contributed by atoms with van der Waals surface area (Å²) in [5.41, 5.74) is 3.05. The highest BCUT2D eigenvalue weighted by Crippen LogP contribution is 2.21. The lowest BCUT2D eigenvalue weighted by atomic mass is 10.1. The number of benzene rings is 2. The Hall–Kier alpha value is -2.75. The Kier molecular flexibility index (Phi) is 6.43. The molecule has 24 heavy (non-hydrogen) atoms. The van der Waals surface area contributed by atoms with Crippen molar-refractivity contribution in [2.75, 3.05) is 13.7 Å². The maximum atomic E-state index is 11.3. The third-order valence-corrected chi connectivity index (χ3v) is 3.46. The van der Waals surface area contributed by atoms with Gasteiger partial charge in [0.2, 0.25) is 0 Å². The first-order valence-electron chi connectivity index (χ1n) is 7.83. The fraction of sp³-hybridized carbons (Fsp3) is 0.250. The van der Waals surface area contributed by atoms with Crippen LogP contribution in [-0.4, -0.2) is 19.7 Å². The molecule has 0 N–H and O–H groups in total. The SMILES string of the molecule is CCOC(=O)/C=C/c1ccc(OCc2ccc(C)c(OC)c2)cc1. The van der Waals surface area contributed by atoms with E-state index in [0.29, 0.717) is 13.2 Å². The van der Waals surface area contributed by atoms with E-state index < -0.39 is 0 Å². The van der Waals surface area contributed by atoms with Crippen molar-refractivity contribution in [2.24, 2.45) is 0 Å². The molecule has 0 aliphatic carbocycles. The molecule has 4 nitrogen and oxygen atoms in total. The number of aryl methyl sites for hydroxylation is 1. The minimum Gasteiger partial charge on any atom is -0.496 e. The summed E-state index contributed by atoms with van der Waals surface area (Å²) in [6, 6.07) is 13.5. The minimum absolute atomic E-state index is 0.342. The van der Waals surface area contributed by atoms with E-state index in [1.54, 1.807) is 20.1 Å². The second-order valence-electron chi connectivity index (χ2n) is 5.25. The lowest BCUT2D eigenvalue weighted by molar-refractivity contribution is -0.137. The summed E-state index contributed by atoms with van der Waals surface area (Å²) in [5.74, 6) is 1.28. The van der Waals surface area contributed by atoms with Gasteiger partial charge < -0.3 is 14.2 Å². The minimum atomic E-state index is -0.342. The van der Waals surface area contributed by atoms with Gasteiger partial charge in [-0.15, -0.1) is 0 Å².